The highest BCUT2D eigenvalue weighted by atomic mass is 35.5. The molecule has 2 aliphatic rings. The van der Waals surface area contributed by atoms with Gasteiger partial charge < -0.3 is 15.0 Å². The molecule has 0 saturated carbocycles. The van der Waals surface area contributed by atoms with Crippen LogP contribution in [0.2, 0.25) is 5.02 Å². The van der Waals surface area contributed by atoms with Crippen molar-refractivity contribution in [3.05, 3.63) is 29.3 Å². The predicted octanol–water partition coefficient (Wildman–Crippen LogP) is 2.92. The van der Waals surface area contributed by atoms with Gasteiger partial charge in [0, 0.05) is 43.4 Å². The minimum Gasteiger partial charge on any atom is -0.379 e. The fourth-order valence-corrected chi connectivity index (χ4v) is 3.43. The summed E-state index contributed by atoms with van der Waals surface area (Å²) in [6.07, 6.45) is 2.14. The molecule has 2 fully saturated rings. The maximum atomic E-state index is 12.3. The number of nitrogens with zero attached hydrogens (tertiary/aromatic N) is 2. The van der Waals surface area contributed by atoms with E-state index in [1.807, 2.05) is 17.0 Å². The molecule has 6 heteroatoms. The molecule has 0 radical (unpaired) electrons. The van der Waals surface area contributed by atoms with Crippen molar-refractivity contribution >= 4 is 23.3 Å². The Balaban J connectivity index is 1.43. The molecule has 3 rings (SSSR count). The highest BCUT2D eigenvalue weighted by molar-refractivity contribution is 6.30. The molecule has 1 aromatic carbocycles. The van der Waals surface area contributed by atoms with Crippen molar-refractivity contribution in [3.8, 4) is 0 Å². The number of urea groups is 1. The molecule has 1 N–H and O–H groups in total. The lowest BCUT2D eigenvalue weighted by Crippen LogP contribution is -2.45. The molecule has 0 atom stereocenters. The molecular weight excluding hydrogens is 314 g/mol. The normalized spacial score (nSPS) is 20.5. The number of nitrogens with one attached hydrogen (secondary N) is 1. The number of carbonyl (C=O) groups excluding carboxylic acids is 1. The lowest BCUT2D eigenvalue weighted by Gasteiger charge is -2.36. The van der Waals surface area contributed by atoms with Crippen LogP contribution in [0.3, 0.4) is 0 Å². The lowest BCUT2D eigenvalue weighted by molar-refractivity contribution is 0.0260. The van der Waals surface area contributed by atoms with Gasteiger partial charge in [-0.05, 0) is 37.0 Å². The van der Waals surface area contributed by atoms with E-state index in [9.17, 15) is 4.79 Å². The second-order valence-electron chi connectivity index (χ2n) is 6.28. The van der Waals surface area contributed by atoms with Gasteiger partial charge in [0.2, 0.25) is 0 Å². The topological polar surface area (TPSA) is 44.8 Å². The number of hydrogen-bond donors (Lipinski definition) is 1. The molecule has 0 unspecified atom stereocenters. The number of hydrogen-bond acceptors (Lipinski definition) is 3. The molecule has 23 heavy (non-hydrogen) atoms. The molecule has 2 aliphatic heterocycles. The fraction of sp³-hybridized carbons (Fsp3) is 0.588. The zero-order valence-electron chi connectivity index (χ0n) is 13.3. The summed E-state index contributed by atoms with van der Waals surface area (Å²) in [6.45, 7) is 6.54. The van der Waals surface area contributed by atoms with E-state index < -0.39 is 0 Å². The van der Waals surface area contributed by atoms with E-state index in [-0.39, 0.29) is 6.03 Å². The van der Waals surface area contributed by atoms with Gasteiger partial charge in [-0.3, -0.25) is 4.90 Å². The second-order valence-corrected chi connectivity index (χ2v) is 6.72. The first-order valence-corrected chi connectivity index (χ1v) is 8.70. The standard InChI is InChI=1S/C17H24ClN3O2/c18-15-2-1-3-16(12-15)19-17(22)21-6-4-14(5-7-21)13-20-8-10-23-11-9-20/h1-3,12,14H,4-11,13H2,(H,19,22). The summed E-state index contributed by atoms with van der Waals surface area (Å²) < 4.78 is 5.39. The molecule has 2 heterocycles. The summed E-state index contributed by atoms with van der Waals surface area (Å²) in [7, 11) is 0. The van der Waals surface area contributed by atoms with Crippen LogP contribution in [0.5, 0.6) is 0 Å². The summed E-state index contributed by atoms with van der Waals surface area (Å²) in [5.41, 5.74) is 0.748. The van der Waals surface area contributed by atoms with E-state index in [4.69, 9.17) is 16.3 Å². The van der Waals surface area contributed by atoms with Crippen LogP contribution in [0, 0.1) is 5.92 Å². The molecular formula is C17H24ClN3O2. The highest BCUT2D eigenvalue weighted by Gasteiger charge is 2.25. The van der Waals surface area contributed by atoms with Crippen molar-refractivity contribution in [2.45, 2.75) is 12.8 Å². The number of piperidine rings is 1. The van der Waals surface area contributed by atoms with E-state index in [1.54, 1.807) is 12.1 Å². The monoisotopic (exact) mass is 337 g/mol. The van der Waals surface area contributed by atoms with Gasteiger partial charge in [0.25, 0.3) is 0 Å². The Bertz CT molecular complexity index is 526. The lowest BCUT2D eigenvalue weighted by atomic mass is 9.96. The van der Waals surface area contributed by atoms with Crippen molar-refractivity contribution in [1.82, 2.24) is 9.80 Å². The number of ether oxygens (including phenoxy) is 1. The summed E-state index contributed by atoms with van der Waals surface area (Å²) in [5.74, 6) is 0.684. The first kappa shape index (κ1) is 16.6. The SMILES string of the molecule is O=C(Nc1cccc(Cl)c1)N1CCC(CN2CCOCC2)CC1. The van der Waals surface area contributed by atoms with E-state index in [1.165, 1.54) is 0 Å². The van der Waals surface area contributed by atoms with E-state index in [2.05, 4.69) is 10.2 Å². The molecule has 5 nitrogen and oxygen atoms in total. The number of halogens is 1. The molecule has 2 amide bonds. The third kappa shape index (κ3) is 4.83. The molecule has 0 aromatic heterocycles. The predicted molar refractivity (Wildman–Crippen MR) is 92.0 cm³/mol. The summed E-state index contributed by atoms with van der Waals surface area (Å²) >= 11 is 5.95. The van der Waals surface area contributed by atoms with Gasteiger partial charge in [0.15, 0.2) is 0 Å². The van der Waals surface area contributed by atoms with Crippen LogP contribution in [0.15, 0.2) is 24.3 Å². The summed E-state index contributed by atoms with van der Waals surface area (Å²) in [5, 5.41) is 3.56. The quantitative estimate of drug-likeness (QED) is 0.922. The Morgan fingerprint density at radius 3 is 2.65 bits per heavy atom. The van der Waals surface area contributed by atoms with Gasteiger partial charge in [-0.15, -0.1) is 0 Å². The first-order chi connectivity index (χ1) is 11.2. The molecule has 126 valence electrons. The Hall–Kier alpha value is -1.30. The number of rotatable bonds is 3. The van der Waals surface area contributed by atoms with E-state index in [0.29, 0.717) is 10.9 Å². The Morgan fingerprint density at radius 2 is 1.96 bits per heavy atom. The molecule has 0 aliphatic carbocycles. The van der Waals surface area contributed by atoms with Gasteiger partial charge in [0.05, 0.1) is 13.2 Å². The Morgan fingerprint density at radius 1 is 1.22 bits per heavy atom. The Kier molecular flexibility index (Phi) is 5.75. The number of likely N-dealkylation sites (tertiary alicyclic amines) is 1. The van der Waals surface area contributed by atoms with Crippen LogP contribution >= 0.6 is 11.6 Å². The number of carbonyl (C=O) groups is 1. The van der Waals surface area contributed by atoms with Gasteiger partial charge in [-0.1, -0.05) is 17.7 Å². The zero-order chi connectivity index (χ0) is 16.1. The van der Waals surface area contributed by atoms with Crippen molar-refractivity contribution in [2.24, 2.45) is 5.92 Å². The van der Waals surface area contributed by atoms with Crippen molar-refractivity contribution in [1.29, 1.82) is 0 Å². The average molecular weight is 338 g/mol. The largest absolute Gasteiger partial charge is 0.379 e. The van der Waals surface area contributed by atoms with Crippen molar-refractivity contribution < 1.29 is 9.53 Å². The fourth-order valence-electron chi connectivity index (χ4n) is 3.24. The average Bonchev–Trinajstić information content (AvgIpc) is 2.56. The third-order valence-electron chi connectivity index (χ3n) is 4.60. The maximum Gasteiger partial charge on any atom is 0.321 e. The summed E-state index contributed by atoms with van der Waals surface area (Å²) in [4.78, 5) is 16.7. The number of benzene rings is 1. The smallest absolute Gasteiger partial charge is 0.321 e. The van der Waals surface area contributed by atoms with Crippen LogP contribution in [0.25, 0.3) is 0 Å². The van der Waals surface area contributed by atoms with Crippen LogP contribution < -0.4 is 5.32 Å². The van der Waals surface area contributed by atoms with Crippen LogP contribution in [-0.4, -0.2) is 61.8 Å². The van der Waals surface area contributed by atoms with Crippen LogP contribution in [0.4, 0.5) is 10.5 Å². The molecule has 2 saturated heterocycles. The Labute approximate surface area is 142 Å². The van der Waals surface area contributed by atoms with Gasteiger partial charge in [-0.2, -0.15) is 0 Å². The van der Waals surface area contributed by atoms with Gasteiger partial charge in [-0.25, -0.2) is 4.79 Å². The number of amides is 2. The molecule has 0 spiro atoms. The van der Waals surface area contributed by atoms with Gasteiger partial charge >= 0.3 is 6.03 Å². The minimum absolute atomic E-state index is 0.0305. The first-order valence-electron chi connectivity index (χ1n) is 8.32. The van der Waals surface area contributed by atoms with Crippen LogP contribution in [0.1, 0.15) is 12.8 Å². The van der Waals surface area contributed by atoms with Crippen molar-refractivity contribution in [3.63, 3.8) is 0 Å². The van der Waals surface area contributed by atoms with Gasteiger partial charge in [0.1, 0.15) is 0 Å². The van der Waals surface area contributed by atoms with Crippen LogP contribution in [-0.2, 0) is 4.74 Å². The third-order valence-corrected chi connectivity index (χ3v) is 4.83. The minimum atomic E-state index is -0.0305. The summed E-state index contributed by atoms with van der Waals surface area (Å²) in [6, 6.07) is 7.23. The van der Waals surface area contributed by atoms with Crippen molar-refractivity contribution in [2.75, 3.05) is 51.3 Å². The van der Waals surface area contributed by atoms with E-state index in [0.717, 1.165) is 64.5 Å². The van der Waals surface area contributed by atoms with E-state index >= 15 is 0 Å². The molecule has 1 aromatic rings. The number of anilines is 1. The maximum absolute atomic E-state index is 12.3. The second kappa shape index (κ2) is 7.99. The molecule has 0 bridgehead atoms. The highest BCUT2D eigenvalue weighted by Crippen LogP contribution is 2.21. The zero-order valence-corrected chi connectivity index (χ0v) is 14.1. The number of morpholine rings is 1.